The zero-order chi connectivity index (χ0) is 14.4. The van der Waals surface area contributed by atoms with Gasteiger partial charge in [-0.3, -0.25) is 0 Å². The summed E-state index contributed by atoms with van der Waals surface area (Å²) in [5.74, 6) is 0. The van der Waals surface area contributed by atoms with Gasteiger partial charge in [-0.15, -0.1) is 11.8 Å². The minimum Gasteiger partial charge on any atom is -0.312 e. The molecule has 0 aliphatic carbocycles. The molecule has 2 atom stereocenters. The van der Waals surface area contributed by atoms with E-state index in [1.165, 1.54) is 10.5 Å². The third kappa shape index (κ3) is 4.11. The Labute approximate surface area is 134 Å². The quantitative estimate of drug-likeness (QED) is 0.712. The van der Waals surface area contributed by atoms with Gasteiger partial charge in [-0.25, -0.2) is 0 Å². The molecular weight excluding hydrogens is 330 g/mol. The van der Waals surface area contributed by atoms with Crippen LogP contribution in [0.15, 0.2) is 64.0 Å². The molecule has 0 spiro atoms. The maximum Gasteiger partial charge on any atom is 0.0441 e. The first kappa shape index (κ1) is 15.6. The van der Waals surface area contributed by atoms with Gasteiger partial charge >= 0.3 is 0 Å². The molecule has 0 bridgehead atoms. The van der Waals surface area contributed by atoms with E-state index in [1.807, 2.05) is 18.8 Å². The number of thioether (sulfide) groups is 1. The van der Waals surface area contributed by atoms with Gasteiger partial charge in [0.2, 0.25) is 0 Å². The molecule has 20 heavy (non-hydrogen) atoms. The van der Waals surface area contributed by atoms with Gasteiger partial charge in [0.15, 0.2) is 0 Å². The molecule has 0 aliphatic rings. The summed E-state index contributed by atoms with van der Waals surface area (Å²) in [6.45, 7) is 2.25. The highest BCUT2D eigenvalue weighted by atomic mass is 79.9. The minimum atomic E-state index is 0.370. The third-order valence-corrected chi connectivity index (χ3v) is 5.33. The fraction of sp³-hybridized carbons (Fsp3) is 0.294. The van der Waals surface area contributed by atoms with Crippen LogP contribution in [0.25, 0.3) is 0 Å². The Morgan fingerprint density at radius 3 is 2.25 bits per heavy atom. The van der Waals surface area contributed by atoms with Crippen molar-refractivity contribution in [1.29, 1.82) is 0 Å². The molecule has 0 amide bonds. The fourth-order valence-corrected chi connectivity index (χ4v) is 3.81. The van der Waals surface area contributed by atoms with E-state index in [0.29, 0.717) is 11.3 Å². The van der Waals surface area contributed by atoms with Gasteiger partial charge in [0, 0.05) is 20.7 Å². The Morgan fingerprint density at radius 1 is 1.05 bits per heavy atom. The largest absolute Gasteiger partial charge is 0.312 e. The smallest absolute Gasteiger partial charge is 0.0441 e. The van der Waals surface area contributed by atoms with E-state index in [0.717, 1.165) is 10.9 Å². The summed E-state index contributed by atoms with van der Waals surface area (Å²) in [5, 5.41) is 3.99. The summed E-state index contributed by atoms with van der Waals surface area (Å²) in [6.07, 6.45) is 1.13. The van der Waals surface area contributed by atoms with Crippen LogP contribution in [0.4, 0.5) is 0 Å². The van der Waals surface area contributed by atoms with Gasteiger partial charge in [-0.2, -0.15) is 0 Å². The summed E-state index contributed by atoms with van der Waals surface area (Å²) in [4.78, 5) is 1.32. The number of hydrogen-bond acceptors (Lipinski definition) is 2. The molecule has 106 valence electrons. The Morgan fingerprint density at radius 2 is 1.70 bits per heavy atom. The Hall–Kier alpha value is -0.770. The first-order valence-electron chi connectivity index (χ1n) is 6.89. The molecule has 0 heterocycles. The lowest BCUT2D eigenvalue weighted by Crippen LogP contribution is -2.26. The molecular formula is C17H20BrNS. The molecule has 0 saturated carbocycles. The molecule has 1 nitrogen and oxygen atoms in total. The highest BCUT2D eigenvalue weighted by Gasteiger charge is 2.21. The van der Waals surface area contributed by atoms with Crippen molar-refractivity contribution < 1.29 is 0 Å². The van der Waals surface area contributed by atoms with Crippen molar-refractivity contribution in [3.8, 4) is 0 Å². The summed E-state index contributed by atoms with van der Waals surface area (Å²) < 4.78 is 1.13. The molecule has 0 aromatic heterocycles. The lowest BCUT2D eigenvalue weighted by molar-refractivity contribution is 0.556. The zero-order valence-electron chi connectivity index (χ0n) is 11.8. The van der Waals surface area contributed by atoms with Gasteiger partial charge in [0.05, 0.1) is 0 Å². The summed E-state index contributed by atoms with van der Waals surface area (Å²) in [6, 6.07) is 19.6. The van der Waals surface area contributed by atoms with Gasteiger partial charge in [0.25, 0.3) is 0 Å². The van der Waals surface area contributed by atoms with E-state index < -0.39 is 0 Å². The van der Waals surface area contributed by atoms with Crippen LogP contribution in [-0.4, -0.2) is 12.3 Å². The van der Waals surface area contributed by atoms with Crippen molar-refractivity contribution in [2.45, 2.75) is 29.5 Å². The van der Waals surface area contributed by atoms with Crippen molar-refractivity contribution >= 4 is 27.7 Å². The number of halogens is 1. The Bertz CT molecular complexity index is 512. The normalized spacial score (nSPS) is 13.9. The predicted octanol–water partition coefficient (Wildman–Crippen LogP) is 5.28. The maximum atomic E-state index is 3.49. The van der Waals surface area contributed by atoms with E-state index in [-0.39, 0.29) is 0 Å². The van der Waals surface area contributed by atoms with Crippen LogP contribution in [0.1, 0.15) is 24.9 Å². The summed E-state index contributed by atoms with van der Waals surface area (Å²) >= 11 is 5.43. The predicted molar refractivity (Wildman–Crippen MR) is 92.3 cm³/mol. The lowest BCUT2D eigenvalue weighted by atomic mass is 10.0. The van der Waals surface area contributed by atoms with Crippen molar-refractivity contribution in [1.82, 2.24) is 5.32 Å². The molecule has 0 fully saturated rings. The van der Waals surface area contributed by atoms with Crippen LogP contribution >= 0.6 is 27.7 Å². The first-order chi connectivity index (χ1) is 9.74. The molecule has 2 unspecified atom stereocenters. The topological polar surface area (TPSA) is 12.0 Å². The van der Waals surface area contributed by atoms with E-state index in [1.54, 1.807) is 0 Å². The van der Waals surface area contributed by atoms with Crippen molar-refractivity contribution in [3.05, 3.63) is 64.6 Å². The SMILES string of the molecule is CCC(Sc1ccc(Br)cc1)C(NC)c1ccccc1. The van der Waals surface area contributed by atoms with Crippen LogP contribution in [0.5, 0.6) is 0 Å². The molecule has 0 saturated heterocycles. The van der Waals surface area contributed by atoms with Gasteiger partial charge < -0.3 is 5.32 Å². The van der Waals surface area contributed by atoms with Crippen molar-refractivity contribution in [2.75, 3.05) is 7.05 Å². The highest BCUT2D eigenvalue weighted by Crippen LogP contribution is 2.34. The lowest BCUT2D eigenvalue weighted by Gasteiger charge is -2.26. The van der Waals surface area contributed by atoms with Crippen LogP contribution in [-0.2, 0) is 0 Å². The first-order valence-corrected chi connectivity index (χ1v) is 8.56. The highest BCUT2D eigenvalue weighted by molar-refractivity contribution is 9.10. The molecule has 0 aliphatic heterocycles. The second kappa shape index (κ2) is 7.87. The van der Waals surface area contributed by atoms with Gasteiger partial charge in [-0.1, -0.05) is 53.2 Å². The van der Waals surface area contributed by atoms with E-state index in [2.05, 4.69) is 82.8 Å². The van der Waals surface area contributed by atoms with Gasteiger partial charge in [0.1, 0.15) is 0 Å². The molecule has 2 aromatic carbocycles. The van der Waals surface area contributed by atoms with Crippen molar-refractivity contribution in [2.24, 2.45) is 0 Å². The molecule has 2 aromatic rings. The number of hydrogen-bond donors (Lipinski definition) is 1. The summed E-state index contributed by atoms with van der Waals surface area (Å²) in [7, 11) is 2.04. The third-order valence-electron chi connectivity index (χ3n) is 3.34. The number of nitrogens with one attached hydrogen (secondary N) is 1. The van der Waals surface area contributed by atoms with Gasteiger partial charge in [-0.05, 0) is 43.3 Å². The number of rotatable bonds is 6. The van der Waals surface area contributed by atoms with Crippen LogP contribution < -0.4 is 5.32 Å². The van der Waals surface area contributed by atoms with E-state index >= 15 is 0 Å². The van der Waals surface area contributed by atoms with Crippen LogP contribution in [0.3, 0.4) is 0 Å². The second-order valence-corrected chi connectivity index (χ2v) is 6.92. The van der Waals surface area contributed by atoms with Crippen LogP contribution in [0, 0.1) is 0 Å². The number of benzene rings is 2. The Balaban J connectivity index is 2.15. The second-order valence-electron chi connectivity index (χ2n) is 4.70. The van der Waals surface area contributed by atoms with Crippen LogP contribution in [0.2, 0.25) is 0 Å². The molecule has 3 heteroatoms. The molecule has 2 rings (SSSR count). The van der Waals surface area contributed by atoms with E-state index in [9.17, 15) is 0 Å². The summed E-state index contributed by atoms with van der Waals surface area (Å²) in [5.41, 5.74) is 1.35. The molecule has 1 N–H and O–H groups in total. The van der Waals surface area contributed by atoms with E-state index in [4.69, 9.17) is 0 Å². The fourth-order valence-electron chi connectivity index (χ4n) is 2.30. The average Bonchev–Trinajstić information content (AvgIpc) is 2.50. The maximum absolute atomic E-state index is 3.49. The average molecular weight is 350 g/mol. The molecule has 0 radical (unpaired) electrons. The van der Waals surface area contributed by atoms with Crippen molar-refractivity contribution in [3.63, 3.8) is 0 Å². The standard InChI is InChI=1S/C17H20BrNS/c1-3-16(20-15-11-9-14(18)10-12-15)17(19-2)13-7-5-4-6-8-13/h4-12,16-17,19H,3H2,1-2H3. The minimum absolute atomic E-state index is 0.370. The monoisotopic (exact) mass is 349 g/mol. The zero-order valence-corrected chi connectivity index (χ0v) is 14.2. The Kier molecular flexibility index (Phi) is 6.14.